The maximum atomic E-state index is 6.19. The molecule has 0 bridgehead atoms. The summed E-state index contributed by atoms with van der Waals surface area (Å²) in [4.78, 5) is 4.04. The second-order valence-corrected chi connectivity index (χ2v) is 5.77. The zero-order valence-electron chi connectivity index (χ0n) is 10.5. The van der Waals surface area contributed by atoms with Crippen LogP contribution in [0.3, 0.4) is 0 Å². The van der Waals surface area contributed by atoms with Gasteiger partial charge < -0.3 is 5.73 Å². The average molecular weight is 253 g/mol. The van der Waals surface area contributed by atoms with Crippen LogP contribution in [0.1, 0.15) is 38.2 Å². The summed E-state index contributed by atoms with van der Waals surface area (Å²) in [5.41, 5.74) is 7.49. The molecule has 3 heteroatoms. The van der Waals surface area contributed by atoms with E-state index in [4.69, 9.17) is 17.3 Å². The van der Waals surface area contributed by atoms with Crippen molar-refractivity contribution in [2.24, 2.45) is 17.1 Å². The van der Waals surface area contributed by atoms with Gasteiger partial charge in [0, 0.05) is 12.4 Å². The van der Waals surface area contributed by atoms with Crippen molar-refractivity contribution in [2.45, 2.75) is 39.0 Å². The molecule has 0 radical (unpaired) electrons. The molecule has 2 unspecified atom stereocenters. The SMILES string of the molecule is CCC1CCC(CN)(Cc2ccncc2Cl)C1. The lowest BCUT2D eigenvalue weighted by molar-refractivity contribution is 0.290. The number of nitrogens with two attached hydrogens (primary N) is 1. The molecule has 2 nitrogen and oxygen atoms in total. The van der Waals surface area contributed by atoms with Gasteiger partial charge in [-0.1, -0.05) is 24.9 Å². The highest BCUT2D eigenvalue weighted by Gasteiger charge is 2.37. The number of pyridine rings is 1. The molecule has 17 heavy (non-hydrogen) atoms. The fraction of sp³-hybridized carbons (Fsp3) is 0.643. The average Bonchev–Trinajstić information content (AvgIpc) is 2.76. The molecule has 2 N–H and O–H groups in total. The molecule has 1 fully saturated rings. The maximum Gasteiger partial charge on any atom is 0.0621 e. The number of aromatic nitrogens is 1. The smallest absolute Gasteiger partial charge is 0.0621 e. The van der Waals surface area contributed by atoms with Gasteiger partial charge in [0.15, 0.2) is 0 Å². The Morgan fingerprint density at radius 1 is 1.59 bits per heavy atom. The summed E-state index contributed by atoms with van der Waals surface area (Å²) in [7, 11) is 0. The molecular formula is C14H21ClN2. The van der Waals surface area contributed by atoms with Crippen molar-refractivity contribution in [3.05, 3.63) is 29.0 Å². The van der Waals surface area contributed by atoms with Gasteiger partial charge in [0.1, 0.15) is 0 Å². The largest absolute Gasteiger partial charge is 0.330 e. The van der Waals surface area contributed by atoms with Crippen molar-refractivity contribution in [2.75, 3.05) is 6.54 Å². The zero-order valence-corrected chi connectivity index (χ0v) is 11.2. The van der Waals surface area contributed by atoms with Crippen LogP contribution in [0.15, 0.2) is 18.5 Å². The van der Waals surface area contributed by atoms with Crippen LogP contribution >= 0.6 is 11.6 Å². The first-order valence-corrected chi connectivity index (χ1v) is 6.85. The molecule has 1 heterocycles. The van der Waals surface area contributed by atoms with E-state index in [0.29, 0.717) is 0 Å². The van der Waals surface area contributed by atoms with Crippen LogP contribution < -0.4 is 5.73 Å². The molecule has 1 saturated carbocycles. The van der Waals surface area contributed by atoms with Gasteiger partial charge in [-0.3, -0.25) is 4.98 Å². The van der Waals surface area contributed by atoms with E-state index in [2.05, 4.69) is 11.9 Å². The molecule has 0 saturated heterocycles. The van der Waals surface area contributed by atoms with Gasteiger partial charge in [-0.05, 0) is 55.2 Å². The van der Waals surface area contributed by atoms with Crippen LogP contribution in [0, 0.1) is 11.3 Å². The van der Waals surface area contributed by atoms with Crippen LogP contribution in [0.4, 0.5) is 0 Å². The topological polar surface area (TPSA) is 38.9 Å². The fourth-order valence-electron chi connectivity index (χ4n) is 3.04. The molecule has 1 aromatic rings. The van der Waals surface area contributed by atoms with Crippen molar-refractivity contribution in [3.63, 3.8) is 0 Å². The van der Waals surface area contributed by atoms with Gasteiger partial charge in [-0.25, -0.2) is 0 Å². The van der Waals surface area contributed by atoms with E-state index in [9.17, 15) is 0 Å². The second kappa shape index (κ2) is 5.36. The molecule has 0 aliphatic heterocycles. The van der Waals surface area contributed by atoms with Crippen LogP contribution in [0.2, 0.25) is 5.02 Å². The van der Waals surface area contributed by atoms with Crippen molar-refractivity contribution in [3.8, 4) is 0 Å². The van der Waals surface area contributed by atoms with E-state index in [-0.39, 0.29) is 5.41 Å². The number of hydrogen-bond donors (Lipinski definition) is 1. The van der Waals surface area contributed by atoms with E-state index in [0.717, 1.165) is 23.9 Å². The van der Waals surface area contributed by atoms with Crippen molar-refractivity contribution in [1.82, 2.24) is 4.98 Å². The van der Waals surface area contributed by atoms with Crippen molar-refractivity contribution in [1.29, 1.82) is 0 Å². The molecule has 1 aromatic heterocycles. The summed E-state index contributed by atoms with van der Waals surface area (Å²) >= 11 is 6.19. The Morgan fingerprint density at radius 2 is 2.41 bits per heavy atom. The lowest BCUT2D eigenvalue weighted by Crippen LogP contribution is -2.30. The molecule has 1 aliphatic rings. The third-order valence-electron chi connectivity index (χ3n) is 4.24. The Balaban J connectivity index is 2.13. The third-order valence-corrected chi connectivity index (χ3v) is 4.58. The van der Waals surface area contributed by atoms with E-state index in [1.807, 2.05) is 12.3 Å². The Morgan fingerprint density at radius 3 is 3.00 bits per heavy atom. The molecule has 2 atom stereocenters. The molecule has 0 amide bonds. The molecule has 0 spiro atoms. The number of halogens is 1. The lowest BCUT2D eigenvalue weighted by atomic mass is 9.79. The minimum Gasteiger partial charge on any atom is -0.330 e. The maximum absolute atomic E-state index is 6.19. The van der Waals surface area contributed by atoms with Gasteiger partial charge in [0.05, 0.1) is 5.02 Å². The molecule has 94 valence electrons. The van der Waals surface area contributed by atoms with Gasteiger partial charge in [-0.15, -0.1) is 0 Å². The summed E-state index contributed by atoms with van der Waals surface area (Å²) in [5, 5.41) is 0.778. The van der Waals surface area contributed by atoms with Crippen molar-refractivity contribution >= 4 is 11.6 Å². The molecule has 1 aliphatic carbocycles. The van der Waals surface area contributed by atoms with Crippen LogP contribution in [0.25, 0.3) is 0 Å². The Kier molecular flexibility index (Phi) is 4.05. The lowest BCUT2D eigenvalue weighted by Gasteiger charge is -2.28. The highest BCUT2D eigenvalue weighted by Crippen LogP contribution is 2.45. The first-order chi connectivity index (χ1) is 8.19. The first-order valence-electron chi connectivity index (χ1n) is 6.47. The second-order valence-electron chi connectivity index (χ2n) is 5.37. The molecule has 0 aromatic carbocycles. The van der Waals surface area contributed by atoms with Gasteiger partial charge in [-0.2, -0.15) is 0 Å². The van der Waals surface area contributed by atoms with Crippen LogP contribution in [-0.4, -0.2) is 11.5 Å². The quantitative estimate of drug-likeness (QED) is 0.892. The molecule has 2 rings (SSSR count). The summed E-state index contributed by atoms with van der Waals surface area (Å²) < 4.78 is 0. The highest BCUT2D eigenvalue weighted by atomic mass is 35.5. The van der Waals surface area contributed by atoms with Crippen LogP contribution in [-0.2, 0) is 6.42 Å². The fourth-order valence-corrected chi connectivity index (χ4v) is 3.23. The minimum absolute atomic E-state index is 0.270. The summed E-state index contributed by atoms with van der Waals surface area (Å²) in [6.07, 6.45) is 9.62. The molecular weight excluding hydrogens is 232 g/mol. The van der Waals surface area contributed by atoms with E-state index in [1.165, 1.54) is 31.2 Å². The van der Waals surface area contributed by atoms with Gasteiger partial charge in [0.25, 0.3) is 0 Å². The van der Waals surface area contributed by atoms with Gasteiger partial charge >= 0.3 is 0 Å². The summed E-state index contributed by atoms with van der Waals surface area (Å²) in [6.45, 7) is 3.04. The number of nitrogens with zero attached hydrogens (tertiary/aromatic N) is 1. The normalized spacial score (nSPS) is 28.5. The third kappa shape index (κ3) is 2.80. The standard InChI is InChI=1S/C14H21ClN2/c1-2-11-3-5-14(7-11,10-16)8-12-4-6-17-9-13(12)15/h4,6,9,11H,2-3,5,7-8,10,16H2,1H3. The monoisotopic (exact) mass is 252 g/mol. The predicted molar refractivity (Wildman–Crippen MR) is 72.1 cm³/mol. The summed E-state index contributed by atoms with van der Waals surface area (Å²) in [6, 6.07) is 2.03. The summed E-state index contributed by atoms with van der Waals surface area (Å²) in [5.74, 6) is 0.846. The Labute approximate surface area is 109 Å². The first kappa shape index (κ1) is 12.8. The number of hydrogen-bond acceptors (Lipinski definition) is 2. The number of rotatable bonds is 4. The van der Waals surface area contributed by atoms with Gasteiger partial charge in [0.2, 0.25) is 0 Å². The van der Waals surface area contributed by atoms with E-state index >= 15 is 0 Å². The Bertz CT molecular complexity index is 380. The van der Waals surface area contributed by atoms with E-state index < -0.39 is 0 Å². The zero-order chi connectivity index (χ0) is 12.3. The highest BCUT2D eigenvalue weighted by molar-refractivity contribution is 6.31. The Hall–Kier alpha value is -0.600. The van der Waals surface area contributed by atoms with Crippen LogP contribution in [0.5, 0.6) is 0 Å². The van der Waals surface area contributed by atoms with Crippen molar-refractivity contribution < 1.29 is 0 Å². The van der Waals surface area contributed by atoms with E-state index in [1.54, 1.807) is 6.20 Å². The predicted octanol–water partition coefficient (Wildman–Crippen LogP) is 3.43. The minimum atomic E-state index is 0.270.